The van der Waals surface area contributed by atoms with E-state index in [-0.39, 0.29) is 0 Å². The molecule has 1 unspecified atom stereocenters. The molecule has 2 rings (SSSR count). The van der Waals surface area contributed by atoms with Gasteiger partial charge in [0.05, 0.1) is 6.61 Å². The van der Waals surface area contributed by atoms with Crippen molar-refractivity contribution in [1.29, 1.82) is 0 Å². The average molecular weight is 258 g/mol. The first-order valence-corrected chi connectivity index (χ1v) is 6.98. The fourth-order valence-electron chi connectivity index (χ4n) is 2.01. The summed E-state index contributed by atoms with van der Waals surface area (Å²) in [6.45, 7) is 7.15. The van der Waals surface area contributed by atoms with E-state index in [0.717, 1.165) is 29.7 Å². The molecule has 19 heavy (non-hydrogen) atoms. The lowest BCUT2D eigenvalue weighted by Gasteiger charge is -2.14. The molecule has 1 N–H and O–H groups in total. The molecule has 3 nitrogen and oxygen atoms in total. The molecular formula is C16H22N2O. The van der Waals surface area contributed by atoms with Gasteiger partial charge in [0.15, 0.2) is 0 Å². The number of para-hydroxylation sites is 1. The number of nitrogens with zero attached hydrogens (tertiary/aromatic N) is 1. The van der Waals surface area contributed by atoms with Crippen LogP contribution in [0.4, 0.5) is 0 Å². The first kappa shape index (κ1) is 13.8. The Balaban J connectivity index is 1.94. The van der Waals surface area contributed by atoms with E-state index in [4.69, 9.17) is 4.74 Å². The molecule has 0 aliphatic heterocycles. The Morgan fingerprint density at radius 3 is 2.95 bits per heavy atom. The van der Waals surface area contributed by atoms with E-state index in [1.807, 2.05) is 18.2 Å². The molecule has 0 aliphatic carbocycles. The van der Waals surface area contributed by atoms with Crippen LogP contribution in [0.3, 0.4) is 0 Å². The van der Waals surface area contributed by atoms with E-state index >= 15 is 0 Å². The molecular weight excluding hydrogens is 236 g/mol. The van der Waals surface area contributed by atoms with Gasteiger partial charge in [-0.15, -0.1) is 0 Å². The second-order valence-electron chi connectivity index (χ2n) is 4.95. The third-order valence-corrected chi connectivity index (χ3v) is 3.04. The lowest BCUT2D eigenvalue weighted by Crippen LogP contribution is -2.25. The third-order valence-electron chi connectivity index (χ3n) is 3.04. The second-order valence-corrected chi connectivity index (χ2v) is 4.95. The topological polar surface area (TPSA) is 34.1 Å². The van der Waals surface area contributed by atoms with Gasteiger partial charge in [0.25, 0.3) is 0 Å². The fraction of sp³-hybridized carbons (Fsp3) is 0.438. The van der Waals surface area contributed by atoms with Crippen LogP contribution in [0.5, 0.6) is 5.75 Å². The highest BCUT2D eigenvalue weighted by Gasteiger charge is 2.06. The van der Waals surface area contributed by atoms with Crippen LogP contribution in [0.25, 0.3) is 10.9 Å². The van der Waals surface area contributed by atoms with Crippen molar-refractivity contribution in [2.75, 3.05) is 19.7 Å². The lowest BCUT2D eigenvalue weighted by molar-refractivity contribution is 0.258. The fourth-order valence-corrected chi connectivity index (χ4v) is 2.01. The summed E-state index contributed by atoms with van der Waals surface area (Å²) < 4.78 is 5.91. The van der Waals surface area contributed by atoms with Crippen LogP contribution in [0.1, 0.15) is 20.3 Å². The molecule has 0 saturated heterocycles. The van der Waals surface area contributed by atoms with E-state index in [2.05, 4.69) is 36.3 Å². The third kappa shape index (κ3) is 3.93. The van der Waals surface area contributed by atoms with E-state index < -0.39 is 0 Å². The number of hydrogen-bond donors (Lipinski definition) is 1. The van der Waals surface area contributed by atoms with Crippen LogP contribution in [0.15, 0.2) is 36.5 Å². The van der Waals surface area contributed by atoms with Crippen molar-refractivity contribution in [3.63, 3.8) is 0 Å². The molecule has 0 bridgehead atoms. The largest absolute Gasteiger partial charge is 0.491 e. The van der Waals surface area contributed by atoms with Gasteiger partial charge in [-0.2, -0.15) is 0 Å². The van der Waals surface area contributed by atoms with Gasteiger partial charge >= 0.3 is 0 Å². The standard InChI is InChI=1S/C16H22N2O/c1-3-9-17-11-13(2)12-19-15-8-4-6-14-7-5-10-18-16(14)15/h4-8,10,13,17H,3,9,11-12H2,1-2H3. The number of ether oxygens (including phenoxy) is 1. The van der Waals surface area contributed by atoms with Crippen LogP contribution >= 0.6 is 0 Å². The molecule has 0 spiro atoms. The summed E-state index contributed by atoms with van der Waals surface area (Å²) in [5.74, 6) is 1.37. The Morgan fingerprint density at radius 1 is 1.26 bits per heavy atom. The summed E-state index contributed by atoms with van der Waals surface area (Å²) in [6.07, 6.45) is 2.97. The van der Waals surface area contributed by atoms with Crippen molar-refractivity contribution < 1.29 is 4.74 Å². The van der Waals surface area contributed by atoms with Crippen LogP contribution in [-0.2, 0) is 0 Å². The Labute approximate surface area is 115 Å². The highest BCUT2D eigenvalue weighted by molar-refractivity contribution is 5.84. The van der Waals surface area contributed by atoms with Gasteiger partial charge in [0.2, 0.25) is 0 Å². The molecule has 1 atom stereocenters. The summed E-state index contributed by atoms with van der Waals surface area (Å²) in [6, 6.07) is 10.1. The number of nitrogens with one attached hydrogen (secondary N) is 1. The molecule has 1 heterocycles. The first-order chi connectivity index (χ1) is 9.31. The van der Waals surface area contributed by atoms with E-state index in [0.29, 0.717) is 12.5 Å². The monoisotopic (exact) mass is 258 g/mol. The Hall–Kier alpha value is -1.61. The van der Waals surface area contributed by atoms with Crippen LogP contribution in [-0.4, -0.2) is 24.7 Å². The smallest absolute Gasteiger partial charge is 0.145 e. The summed E-state index contributed by atoms with van der Waals surface area (Å²) in [5, 5.41) is 4.53. The van der Waals surface area contributed by atoms with Crippen LogP contribution in [0, 0.1) is 5.92 Å². The van der Waals surface area contributed by atoms with Crippen molar-refractivity contribution in [2.45, 2.75) is 20.3 Å². The van der Waals surface area contributed by atoms with Gasteiger partial charge in [-0.1, -0.05) is 32.0 Å². The second kappa shape index (κ2) is 7.10. The van der Waals surface area contributed by atoms with Gasteiger partial charge < -0.3 is 10.1 Å². The van der Waals surface area contributed by atoms with E-state index in [9.17, 15) is 0 Å². The minimum atomic E-state index is 0.491. The van der Waals surface area contributed by atoms with Gasteiger partial charge in [-0.05, 0) is 25.1 Å². The molecule has 2 aromatic rings. The van der Waals surface area contributed by atoms with Gasteiger partial charge in [0.1, 0.15) is 11.3 Å². The van der Waals surface area contributed by atoms with E-state index in [1.54, 1.807) is 6.20 Å². The molecule has 1 aromatic heterocycles. The SMILES string of the molecule is CCCNCC(C)COc1cccc2cccnc12. The van der Waals surface area contributed by atoms with Crippen LogP contribution in [0.2, 0.25) is 0 Å². The molecule has 0 aliphatic rings. The molecule has 3 heteroatoms. The average Bonchev–Trinajstić information content (AvgIpc) is 2.45. The number of pyridine rings is 1. The minimum absolute atomic E-state index is 0.491. The summed E-state index contributed by atoms with van der Waals surface area (Å²) in [5.41, 5.74) is 0.943. The number of benzene rings is 1. The zero-order valence-electron chi connectivity index (χ0n) is 11.7. The number of fused-ring (bicyclic) bond motifs is 1. The van der Waals surface area contributed by atoms with Crippen molar-refractivity contribution >= 4 is 10.9 Å². The maximum absolute atomic E-state index is 5.91. The minimum Gasteiger partial charge on any atom is -0.491 e. The zero-order valence-corrected chi connectivity index (χ0v) is 11.7. The highest BCUT2D eigenvalue weighted by Crippen LogP contribution is 2.23. The quantitative estimate of drug-likeness (QED) is 0.774. The number of hydrogen-bond acceptors (Lipinski definition) is 3. The summed E-state index contributed by atoms with van der Waals surface area (Å²) >= 11 is 0. The Kier molecular flexibility index (Phi) is 5.16. The number of rotatable bonds is 7. The highest BCUT2D eigenvalue weighted by atomic mass is 16.5. The Morgan fingerprint density at radius 2 is 2.11 bits per heavy atom. The molecule has 0 radical (unpaired) electrons. The maximum atomic E-state index is 5.91. The van der Waals surface area contributed by atoms with Crippen molar-refractivity contribution in [2.24, 2.45) is 5.92 Å². The normalized spacial score (nSPS) is 12.5. The van der Waals surface area contributed by atoms with Gasteiger partial charge in [0, 0.05) is 24.0 Å². The van der Waals surface area contributed by atoms with Crippen molar-refractivity contribution in [3.8, 4) is 5.75 Å². The molecule has 0 fully saturated rings. The summed E-state index contributed by atoms with van der Waals surface area (Å²) in [4.78, 5) is 4.39. The molecule has 0 amide bonds. The molecule has 102 valence electrons. The predicted molar refractivity (Wildman–Crippen MR) is 79.6 cm³/mol. The zero-order chi connectivity index (χ0) is 13.5. The van der Waals surface area contributed by atoms with Crippen molar-refractivity contribution in [3.05, 3.63) is 36.5 Å². The van der Waals surface area contributed by atoms with Crippen LogP contribution < -0.4 is 10.1 Å². The Bertz CT molecular complexity index is 508. The maximum Gasteiger partial charge on any atom is 0.145 e. The van der Waals surface area contributed by atoms with E-state index in [1.165, 1.54) is 6.42 Å². The van der Waals surface area contributed by atoms with Crippen molar-refractivity contribution in [1.82, 2.24) is 10.3 Å². The first-order valence-electron chi connectivity index (χ1n) is 6.98. The predicted octanol–water partition coefficient (Wildman–Crippen LogP) is 3.25. The lowest BCUT2D eigenvalue weighted by atomic mass is 10.2. The molecule has 0 saturated carbocycles. The number of aromatic nitrogens is 1. The summed E-state index contributed by atoms with van der Waals surface area (Å²) in [7, 11) is 0. The molecule has 1 aromatic carbocycles. The van der Waals surface area contributed by atoms with Gasteiger partial charge in [-0.25, -0.2) is 0 Å². The van der Waals surface area contributed by atoms with Gasteiger partial charge in [-0.3, -0.25) is 4.98 Å².